The summed E-state index contributed by atoms with van der Waals surface area (Å²) in [5.74, 6) is -8.27. The van der Waals surface area contributed by atoms with E-state index in [0.717, 1.165) is 94.0 Å². The third-order valence-corrected chi connectivity index (χ3v) is 12.4. The lowest BCUT2D eigenvalue weighted by Crippen LogP contribution is -2.15. The van der Waals surface area contributed by atoms with Crippen molar-refractivity contribution in [3.8, 4) is 33.4 Å². The molecule has 0 saturated carbocycles. The molecule has 9 rings (SSSR count). The number of benzene rings is 9. The Hall–Kier alpha value is -8.37. The van der Waals surface area contributed by atoms with Gasteiger partial charge in [-0.15, -0.1) is 0 Å². The monoisotopic (exact) mass is 1130 g/mol. The predicted octanol–water partition coefficient (Wildman–Crippen LogP) is 18.2. The van der Waals surface area contributed by atoms with Crippen molar-refractivity contribution in [1.82, 2.24) is 0 Å². The first-order valence-corrected chi connectivity index (χ1v) is 24.2. The molecule has 9 aromatic carbocycles. The lowest BCUT2D eigenvalue weighted by atomic mass is 9.98. The number of hydrogen-bond acceptors (Lipinski definition) is 3. The number of amides is 3. The number of alkyl halides is 3. The smallest absolute Gasteiger partial charge is 0.322 e. The number of carbonyl (C=O) groups excluding carboxylic acids is 3. The van der Waals surface area contributed by atoms with Crippen molar-refractivity contribution in [2.75, 3.05) is 16.0 Å². The second kappa shape index (κ2) is 25.2. The van der Waals surface area contributed by atoms with Crippen molar-refractivity contribution in [3.05, 3.63) is 265 Å². The molecule has 0 spiro atoms. The molecule has 3 amide bonds. The van der Waals surface area contributed by atoms with Gasteiger partial charge in [-0.25, -0.2) is 26.3 Å². The van der Waals surface area contributed by atoms with E-state index in [1.807, 2.05) is 26.0 Å². The molecule has 0 aliphatic carbocycles. The number of anilines is 3. The summed E-state index contributed by atoms with van der Waals surface area (Å²) in [6.07, 6.45) is -4.52. The average molecular weight is 1130 g/mol. The van der Waals surface area contributed by atoms with Gasteiger partial charge in [-0.3, -0.25) is 14.4 Å². The van der Waals surface area contributed by atoms with Gasteiger partial charge in [0, 0.05) is 43.3 Å². The summed E-state index contributed by atoms with van der Waals surface area (Å²) in [6.45, 7) is 4.06. The van der Waals surface area contributed by atoms with Crippen molar-refractivity contribution in [2.45, 2.75) is 20.0 Å². The fourth-order valence-electron chi connectivity index (χ4n) is 7.61. The van der Waals surface area contributed by atoms with E-state index in [4.69, 9.17) is 34.8 Å². The maximum absolute atomic E-state index is 13.7. The van der Waals surface area contributed by atoms with Crippen molar-refractivity contribution >= 4 is 69.6 Å². The van der Waals surface area contributed by atoms with Crippen LogP contribution < -0.4 is 16.0 Å². The molecule has 0 aliphatic heterocycles. The molecule has 0 aromatic heterocycles. The van der Waals surface area contributed by atoms with E-state index in [0.29, 0.717) is 27.0 Å². The number of halogens is 12. The Morgan fingerprint density at radius 1 is 0.385 bits per heavy atom. The minimum Gasteiger partial charge on any atom is -0.322 e. The summed E-state index contributed by atoms with van der Waals surface area (Å²) in [7, 11) is 0. The van der Waals surface area contributed by atoms with Gasteiger partial charge in [0.15, 0.2) is 0 Å². The molecular formula is C60H39Cl3F9N3O3. The maximum Gasteiger partial charge on any atom is 0.416 e. The number of aryl methyl sites for hydroxylation is 2. The summed E-state index contributed by atoms with van der Waals surface area (Å²) >= 11 is 18.1. The van der Waals surface area contributed by atoms with E-state index in [1.165, 1.54) is 36.4 Å². The minimum absolute atomic E-state index is 0.123. The molecule has 0 bridgehead atoms. The summed E-state index contributed by atoms with van der Waals surface area (Å²) < 4.78 is 121. The zero-order valence-electron chi connectivity index (χ0n) is 40.6. The molecule has 0 saturated heterocycles. The van der Waals surface area contributed by atoms with Gasteiger partial charge in [0.05, 0.1) is 5.56 Å². The second-order valence-electron chi connectivity index (χ2n) is 17.0. The van der Waals surface area contributed by atoms with Gasteiger partial charge in [0.1, 0.15) is 51.6 Å². The summed E-state index contributed by atoms with van der Waals surface area (Å²) in [5.41, 5.74) is 4.81. The van der Waals surface area contributed by atoms with E-state index in [9.17, 15) is 53.9 Å². The SMILES string of the molecule is Cc1ccc(C)c(-c2ccc(NC(=O)c3c(F)cccc3F)cc2)c1.O=C(Nc1ccc(-c2cc(C(F)(F)F)ccc2Cl)cc1)c1c(F)cccc1F.O=C(Nc1ccc(-c2cc(Cl)ccc2Cl)cc1)c1c(F)cccc1F. The van der Waals surface area contributed by atoms with Gasteiger partial charge < -0.3 is 16.0 Å². The predicted molar refractivity (Wildman–Crippen MR) is 288 cm³/mol. The van der Waals surface area contributed by atoms with Gasteiger partial charge in [-0.2, -0.15) is 13.2 Å². The molecule has 0 unspecified atom stereocenters. The average Bonchev–Trinajstić information content (AvgIpc) is 3.40. The third-order valence-electron chi connectivity index (χ3n) is 11.5. The van der Waals surface area contributed by atoms with Crippen LogP contribution in [0.2, 0.25) is 15.1 Å². The zero-order chi connectivity index (χ0) is 56.4. The highest BCUT2D eigenvalue weighted by Crippen LogP contribution is 2.37. The quantitative estimate of drug-likeness (QED) is 0.126. The summed E-state index contributed by atoms with van der Waals surface area (Å²) in [4.78, 5) is 36.3. The van der Waals surface area contributed by atoms with Crippen LogP contribution in [0.15, 0.2) is 182 Å². The molecule has 78 heavy (non-hydrogen) atoms. The molecular weight excluding hydrogens is 1090 g/mol. The van der Waals surface area contributed by atoms with Gasteiger partial charge >= 0.3 is 6.18 Å². The fourth-order valence-corrected chi connectivity index (χ4v) is 8.24. The molecule has 0 heterocycles. The normalized spacial score (nSPS) is 10.8. The van der Waals surface area contributed by atoms with Crippen molar-refractivity contribution in [3.63, 3.8) is 0 Å². The summed E-state index contributed by atoms with van der Waals surface area (Å²) in [5, 5.41) is 8.54. The highest BCUT2D eigenvalue weighted by atomic mass is 35.5. The Kier molecular flexibility index (Phi) is 18.5. The summed E-state index contributed by atoms with van der Waals surface area (Å²) in [6, 6.07) is 43.4. The number of hydrogen-bond donors (Lipinski definition) is 3. The Morgan fingerprint density at radius 2 is 0.718 bits per heavy atom. The Morgan fingerprint density at radius 3 is 1.08 bits per heavy atom. The van der Waals surface area contributed by atoms with Gasteiger partial charge in [0.25, 0.3) is 17.7 Å². The van der Waals surface area contributed by atoms with Crippen LogP contribution in [0.25, 0.3) is 33.4 Å². The van der Waals surface area contributed by atoms with Crippen molar-refractivity contribution in [2.24, 2.45) is 0 Å². The Balaban J connectivity index is 0.000000170. The maximum atomic E-state index is 13.7. The van der Waals surface area contributed by atoms with E-state index < -0.39 is 81.1 Å². The van der Waals surface area contributed by atoms with Crippen LogP contribution in [0.4, 0.5) is 56.6 Å². The van der Waals surface area contributed by atoms with E-state index in [-0.39, 0.29) is 16.3 Å². The van der Waals surface area contributed by atoms with Gasteiger partial charge in [0.2, 0.25) is 0 Å². The fraction of sp³-hybridized carbons (Fsp3) is 0.0500. The van der Waals surface area contributed by atoms with Crippen molar-refractivity contribution < 1.29 is 53.9 Å². The topological polar surface area (TPSA) is 87.3 Å². The van der Waals surface area contributed by atoms with Crippen LogP contribution in [0.3, 0.4) is 0 Å². The first kappa shape index (κ1) is 57.3. The first-order valence-electron chi connectivity index (χ1n) is 23.0. The molecule has 0 radical (unpaired) electrons. The molecule has 0 fully saturated rings. The Labute approximate surface area is 456 Å². The highest BCUT2D eigenvalue weighted by Gasteiger charge is 2.31. The van der Waals surface area contributed by atoms with Gasteiger partial charge in [-0.1, -0.05) is 113 Å². The second-order valence-corrected chi connectivity index (χ2v) is 18.3. The van der Waals surface area contributed by atoms with Crippen LogP contribution >= 0.6 is 34.8 Å². The molecule has 0 aliphatic rings. The number of carbonyl (C=O) groups is 3. The van der Waals surface area contributed by atoms with E-state index in [1.54, 1.807) is 54.6 Å². The van der Waals surface area contributed by atoms with Crippen molar-refractivity contribution in [1.29, 1.82) is 0 Å². The molecule has 0 atom stereocenters. The molecule has 396 valence electrons. The molecule has 18 heteroatoms. The van der Waals surface area contributed by atoms with Crippen LogP contribution in [-0.4, -0.2) is 17.7 Å². The lowest BCUT2D eigenvalue weighted by Gasteiger charge is -2.12. The standard InChI is InChI=1S/C21H17F2NO.C20H11ClF5NO.C19H11Cl2F2NO/c1-13-6-7-14(2)17(12-13)15-8-10-16(11-9-15)24-21(25)20-18(22)4-3-5-19(20)23;21-15-9-6-12(20(24,25)26)10-14(15)11-4-7-13(8-5-11)27-19(28)18-16(22)2-1-3-17(18)23;20-12-6-9-15(21)14(10-12)11-4-7-13(8-5-11)24-19(25)18-16(22)2-1-3-17(18)23/h3-12H,1-2H3,(H,24,25);1-10H,(H,27,28);1-10H,(H,24,25). The van der Waals surface area contributed by atoms with Gasteiger partial charge in [-0.05, 0) is 151 Å². The molecule has 9 aromatic rings. The first-order chi connectivity index (χ1) is 37.1. The van der Waals surface area contributed by atoms with Crippen LogP contribution in [0.1, 0.15) is 47.8 Å². The largest absolute Gasteiger partial charge is 0.416 e. The van der Waals surface area contributed by atoms with Crippen LogP contribution in [0, 0.1) is 48.8 Å². The van der Waals surface area contributed by atoms with E-state index in [2.05, 4.69) is 34.1 Å². The minimum atomic E-state index is -4.52. The Bertz CT molecular complexity index is 3460. The zero-order valence-corrected chi connectivity index (χ0v) is 42.8. The number of rotatable bonds is 9. The van der Waals surface area contributed by atoms with Crippen LogP contribution in [-0.2, 0) is 6.18 Å². The van der Waals surface area contributed by atoms with E-state index >= 15 is 0 Å². The third kappa shape index (κ3) is 14.4. The van der Waals surface area contributed by atoms with Crippen LogP contribution in [0.5, 0.6) is 0 Å². The molecule has 6 nitrogen and oxygen atoms in total. The highest BCUT2D eigenvalue weighted by molar-refractivity contribution is 6.35. The lowest BCUT2D eigenvalue weighted by molar-refractivity contribution is -0.137. The molecule has 3 N–H and O–H groups in total. The number of nitrogens with one attached hydrogen (secondary N) is 3.